The Morgan fingerprint density at radius 2 is 1.81 bits per heavy atom. The molecule has 2 nitrogen and oxygen atoms in total. The number of hydrogen-bond acceptors (Lipinski definition) is 2. The molecule has 2 rings (SSSR count). The van der Waals surface area contributed by atoms with Gasteiger partial charge in [-0.25, -0.2) is 0 Å². The van der Waals surface area contributed by atoms with Crippen LogP contribution in [-0.2, 0) is 0 Å². The summed E-state index contributed by atoms with van der Waals surface area (Å²) in [7, 11) is -1.13. The van der Waals surface area contributed by atoms with E-state index in [1.54, 1.807) is 0 Å². The number of hydrazine groups is 1. The van der Waals surface area contributed by atoms with Gasteiger partial charge >= 0.3 is 0 Å². The maximum Gasteiger partial charge on any atom is 0.0559 e. The molecule has 2 aliphatic rings. The molecule has 94 valence electrons. The third-order valence-electron chi connectivity index (χ3n) is 5.60. The quantitative estimate of drug-likeness (QED) is 0.688. The normalized spacial score (nSPS) is 36.2. The largest absolute Gasteiger partial charge is 0.257 e. The van der Waals surface area contributed by atoms with Crippen molar-refractivity contribution in [2.75, 3.05) is 6.54 Å². The fourth-order valence-electron chi connectivity index (χ4n) is 3.24. The molecule has 0 aromatic carbocycles. The van der Waals surface area contributed by atoms with Crippen LogP contribution in [0.4, 0.5) is 0 Å². The topological polar surface area (TPSA) is 24.1 Å². The van der Waals surface area contributed by atoms with Crippen molar-refractivity contribution in [1.82, 2.24) is 10.9 Å². The summed E-state index contributed by atoms with van der Waals surface area (Å²) in [5, 5.41) is 0.538. The molecule has 2 fully saturated rings. The van der Waals surface area contributed by atoms with Gasteiger partial charge in [-0.05, 0) is 29.3 Å². The van der Waals surface area contributed by atoms with Crippen LogP contribution in [-0.4, -0.2) is 20.7 Å². The minimum absolute atomic E-state index is 0.538. The van der Waals surface area contributed by atoms with Gasteiger partial charge in [0.05, 0.1) is 8.07 Å². The van der Waals surface area contributed by atoms with Crippen molar-refractivity contribution < 1.29 is 0 Å². The minimum atomic E-state index is -1.13. The predicted octanol–water partition coefficient (Wildman–Crippen LogP) is 3.14. The number of rotatable bonds is 1. The van der Waals surface area contributed by atoms with E-state index in [4.69, 9.17) is 0 Å². The Morgan fingerprint density at radius 3 is 2.44 bits per heavy atom. The van der Waals surface area contributed by atoms with Gasteiger partial charge in [-0.15, -0.1) is 0 Å². The van der Waals surface area contributed by atoms with E-state index in [9.17, 15) is 0 Å². The Bertz CT molecular complexity index is 257. The van der Waals surface area contributed by atoms with E-state index >= 15 is 0 Å². The summed E-state index contributed by atoms with van der Waals surface area (Å²) in [5.74, 6) is 0.904. The molecule has 1 aliphatic heterocycles. The van der Waals surface area contributed by atoms with Gasteiger partial charge in [0.2, 0.25) is 0 Å². The first kappa shape index (κ1) is 12.6. The Morgan fingerprint density at radius 1 is 1.12 bits per heavy atom. The maximum absolute atomic E-state index is 3.48. The lowest BCUT2D eigenvalue weighted by atomic mass is 9.86. The van der Waals surface area contributed by atoms with Crippen LogP contribution in [0.2, 0.25) is 23.7 Å². The van der Waals surface area contributed by atoms with E-state index in [0.717, 1.165) is 17.5 Å². The van der Waals surface area contributed by atoms with Crippen LogP contribution in [0.1, 0.15) is 40.0 Å². The summed E-state index contributed by atoms with van der Waals surface area (Å²) in [6.45, 7) is 13.7. The van der Waals surface area contributed by atoms with E-state index in [2.05, 4.69) is 44.7 Å². The average Bonchev–Trinajstić information content (AvgIpc) is 2.61. The van der Waals surface area contributed by atoms with E-state index in [-0.39, 0.29) is 0 Å². The third-order valence-corrected chi connectivity index (χ3v) is 12.0. The van der Waals surface area contributed by atoms with Gasteiger partial charge in [0.1, 0.15) is 0 Å². The number of hydrogen-bond donors (Lipinski definition) is 2. The van der Waals surface area contributed by atoms with Crippen LogP contribution in [0.5, 0.6) is 0 Å². The minimum Gasteiger partial charge on any atom is -0.257 e. The molecule has 0 bridgehead atoms. The highest BCUT2D eigenvalue weighted by atomic mass is 28.3. The zero-order valence-corrected chi connectivity index (χ0v) is 12.6. The van der Waals surface area contributed by atoms with Gasteiger partial charge < -0.3 is 0 Å². The van der Waals surface area contributed by atoms with Crippen molar-refractivity contribution in [3.05, 3.63) is 0 Å². The molecule has 0 radical (unpaired) electrons. The Hall–Kier alpha value is 0.137. The molecule has 16 heavy (non-hydrogen) atoms. The second-order valence-corrected chi connectivity index (χ2v) is 13.1. The van der Waals surface area contributed by atoms with Crippen LogP contribution >= 0.6 is 0 Å². The predicted molar refractivity (Wildman–Crippen MR) is 73.2 cm³/mol. The highest BCUT2D eigenvalue weighted by Crippen LogP contribution is 2.50. The molecule has 0 spiro atoms. The monoisotopic (exact) mass is 240 g/mol. The highest BCUT2D eigenvalue weighted by Gasteiger charge is 2.46. The molecule has 2 N–H and O–H groups in total. The van der Waals surface area contributed by atoms with Gasteiger partial charge in [0.25, 0.3) is 0 Å². The number of fused-ring (bicyclic) bond motifs is 1. The summed E-state index contributed by atoms with van der Waals surface area (Å²) in [6.07, 6.45) is 4.32. The molecule has 1 saturated heterocycles. The summed E-state index contributed by atoms with van der Waals surface area (Å²) >= 11 is 0. The van der Waals surface area contributed by atoms with Crippen molar-refractivity contribution in [3.63, 3.8) is 0 Å². The Kier molecular flexibility index (Phi) is 3.23. The van der Waals surface area contributed by atoms with Crippen LogP contribution in [0.25, 0.3) is 0 Å². The number of nitrogens with one attached hydrogen (secondary N) is 2. The summed E-state index contributed by atoms with van der Waals surface area (Å²) in [4.78, 5) is 0. The second kappa shape index (κ2) is 4.11. The zero-order chi connectivity index (χ0) is 12.0. The summed E-state index contributed by atoms with van der Waals surface area (Å²) < 4.78 is 0. The highest BCUT2D eigenvalue weighted by molar-refractivity contribution is 6.81. The molecule has 0 amide bonds. The first-order valence-electron chi connectivity index (χ1n) is 6.81. The van der Waals surface area contributed by atoms with Crippen molar-refractivity contribution in [1.29, 1.82) is 0 Å². The average molecular weight is 240 g/mol. The molecular formula is C13H28N2Si. The fraction of sp³-hybridized carbons (Fsp3) is 1.00. The van der Waals surface area contributed by atoms with Crippen molar-refractivity contribution >= 4 is 8.07 Å². The van der Waals surface area contributed by atoms with Crippen LogP contribution in [0.3, 0.4) is 0 Å². The molecule has 3 atom stereocenters. The van der Waals surface area contributed by atoms with Crippen molar-refractivity contribution in [2.45, 2.75) is 69.7 Å². The molecule has 3 unspecified atom stereocenters. The second-order valence-electron chi connectivity index (χ2n) is 7.37. The lowest BCUT2D eigenvalue weighted by Crippen LogP contribution is -2.47. The summed E-state index contributed by atoms with van der Waals surface area (Å²) in [6, 6.07) is 0.757. The van der Waals surface area contributed by atoms with Gasteiger partial charge in [0.15, 0.2) is 0 Å². The molecule has 3 heteroatoms. The maximum atomic E-state index is 3.48. The van der Waals surface area contributed by atoms with Gasteiger partial charge in [-0.2, -0.15) is 0 Å². The van der Waals surface area contributed by atoms with Crippen LogP contribution in [0, 0.1) is 5.92 Å². The smallest absolute Gasteiger partial charge is 0.0559 e. The van der Waals surface area contributed by atoms with E-state index < -0.39 is 8.07 Å². The fourth-order valence-corrected chi connectivity index (χ4v) is 6.20. The van der Waals surface area contributed by atoms with Crippen LogP contribution < -0.4 is 10.9 Å². The molecule has 1 aliphatic carbocycles. The van der Waals surface area contributed by atoms with Gasteiger partial charge in [-0.1, -0.05) is 40.3 Å². The first-order valence-corrected chi connectivity index (χ1v) is 9.88. The lowest BCUT2D eigenvalue weighted by molar-refractivity contribution is 0.326. The SMILES string of the molecule is CC(C)(C)[Si](C)(C)C1CCC2CNNC2C1. The van der Waals surface area contributed by atoms with E-state index in [0.29, 0.717) is 5.04 Å². The van der Waals surface area contributed by atoms with E-state index in [1.165, 1.54) is 25.8 Å². The summed E-state index contributed by atoms with van der Waals surface area (Å²) in [5.41, 5.74) is 7.83. The zero-order valence-electron chi connectivity index (χ0n) is 11.6. The Balaban J connectivity index is 2.06. The van der Waals surface area contributed by atoms with Gasteiger partial charge in [0, 0.05) is 12.6 Å². The molecule has 1 saturated carbocycles. The standard InChI is InChI=1S/C13H28N2Si/c1-13(2,3)16(4,5)11-7-6-10-9-14-15-12(10)8-11/h10-12,14-15H,6-9H2,1-5H3. The lowest BCUT2D eigenvalue weighted by Gasteiger charge is -2.47. The molecule has 0 aromatic rings. The van der Waals surface area contributed by atoms with Crippen molar-refractivity contribution in [2.24, 2.45) is 5.92 Å². The van der Waals surface area contributed by atoms with Gasteiger partial charge in [-0.3, -0.25) is 10.9 Å². The molecular weight excluding hydrogens is 212 g/mol. The molecule has 0 aromatic heterocycles. The van der Waals surface area contributed by atoms with Crippen LogP contribution in [0.15, 0.2) is 0 Å². The molecule has 1 heterocycles. The van der Waals surface area contributed by atoms with Crippen molar-refractivity contribution in [3.8, 4) is 0 Å². The Labute approximate surface area is 102 Å². The van der Waals surface area contributed by atoms with E-state index in [1.807, 2.05) is 0 Å². The first-order chi connectivity index (χ1) is 7.32. The third kappa shape index (κ3) is 2.09.